The van der Waals surface area contributed by atoms with Crippen molar-refractivity contribution < 1.29 is 19.1 Å². The smallest absolute Gasteiger partial charge is 0.410 e. The number of piperidine rings is 1. The summed E-state index contributed by atoms with van der Waals surface area (Å²) in [6.45, 7) is 8.85. The molecule has 0 unspecified atom stereocenters. The molecule has 130 valence electrons. The molecule has 0 saturated carbocycles. The summed E-state index contributed by atoms with van der Waals surface area (Å²) in [5.41, 5.74) is -0.663. The van der Waals surface area contributed by atoms with E-state index >= 15 is 0 Å². The van der Waals surface area contributed by atoms with E-state index < -0.39 is 5.60 Å². The highest BCUT2D eigenvalue weighted by Crippen LogP contribution is 2.34. The second-order valence-corrected chi connectivity index (χ2v) is 7.75. The lowest BCUT2D eigenvalue weighted by atomic mass is 9.93. The third kappa shape index (κ3) is 3.24. The van der Waals surface area contributed by atoms with Gasteiger partial charge in [-0.15, -0.1) is 0 Å². The fourth-order valence-electron chi connectivity index (χ4n) is 3.74. The van der Waals surface area contributed by atoms with Gasteiger partial charge in [0.2, 0.25) is 0 Å². The van der Waals surface area contributed by atoms with Crippen molar-refractivity contribution in [3.05, 3.63) is 0 Å². The van der Waals surface area contributed by atoms with E-state index in [4.69, 9.17) is 9.47 Å². The molecule has 3 heterocycles. The van der Waals surface area contributed by atoms with Crippen molar-refractivity contribution in [3.8, 4) is 0 Å². The summed E-state index contributed by atoms with van der Waals surface area (Å²) in [4.78, 5) is 28.2. The highest BCUT2D eigenvalue weighted by Gasteiger charge is 2.51. The number of carbonyl (C=O) groups is 2. The van der Waals surface area contributed by atoms with Gasteiger partial charge in [0, 0.05) is 32.3 Å². The molecule has 1 atom stereocenters. The Kier molecular flexibility index (Phi) is 4.16. The number of carbonyl (C=O) groups excluding carboxylic acids is 2. The summed E-state index contributed by atoms with van der Waals surface area (Å²) in [6.07, 6.45) is 2.20. The maximum Gasteiger partial charge on any atom is 0.410 e. The number of hydrogen-bond donors (Lipinski definition) is 1. The molecule has 7 nitrogen and oxygen atoms in total. The molecule has 3 fully saturated rings. The van der Waals surface area contributed by atoms with Crippen LogP contribution in [0.2, 0.25) is 0 Å². The normalized spacial score (nSPS) is 29.3. The van der Waals surface area contributed by atoms with Gasteiger partial charge in [-0.05, 0) is 40.0 Å². The Bertz CT molecular complexity index is 474. The van der Waals surface area contributed by atoms with Gasteiger partial charge in [0.1, 0.15) is 5.60 Å². The third-order valence-electron chi connectivity index (χ3n) is 4.86. The van der Waals surface area contributed by atoms with Crippen LogP contribution >= 0.6 is 0 Å². The zero-order valence-electron chi connectivity index (χ0n) is 14.3. The minimum Gasteiger partial charge on any atom is -0.444 e. The van der Waals surface area contributed by atoms with Crippen LogP contribution in [-0.4, -0.2) is 72.0 Å². The lowest BCUT2D eigenvalue weighted by Crippen LogP contribution is -2.56. The Morgan fingerprint density at radius 1 is 1.35 bits per heavy atom. The Balaban J connectivity index is 1.60. The summed E-state index contributed by atoms with van der Waals surface area (Å²) in [7, 11) is 0. The van der Waals surface area contributed by atoms with Crippen molar-refractivity contribution in [3.63, 3.8) is 0 Å². The second kappa shape index (κ2) is 5.85. The van der Waals surface area contributed by atoms with Gasteiger partial charge in [0.05, 0.1) is 12.1 Å². The van der Waals surface area contributed by atoms with Crippen LogP contribution in [-0.2, 0) is 9.47 Å². The third-order valence-corrected chi connectivity index (χ3v) is 4.86. The van der Waals surface area contributed by atoms with E-state index in [1.54, 1.807) is 4.90 Å². The number of likely N-dealkylation sites (tertiary alicyclic amines) is 1. The van der Waals surface area contributed by atoms with Crippen LogP contribution in [0.25, 0.3) is 0 Å². The van der Waals surface area contributed by atoms with Gasteiger partial charge in [-0.3, -0.25) is 0 Å². The molecule has 0 bridgehead atoms. The van der Waals surface area contributed by atoms with Gasteiger partial charge in [-0.2, -0.15) is 0 Å². The molecule has 0 aromatic heterocycles. The molecule has 3 rings (SSSR count). The van der Waals surface area contributed by atoms with E-state index in [1.807, 2.05) is 25.7 Å². The van der Waals surface area contributed by atoms with Crippen LogP contribution in [0.5, 0.6) is 0 Å². The first-order valence-corrected chi connectivity index (χ1v) is 8.44. The standard InChI is InChI=1S/C16H27N3O4/c1-15(2,3)23-14(21)18-7-4-12(5-8-18)19-13(20)17-10-16(19)6-9-22-11-16/h12H,4-11H2,1-3H3,(H,17,20)/t16-/m0/s1. The van der Waals surface area contributed by atoms with E-state index in [1.165, 1.54) is 0 Å². The van der Waals surface area contributed by atoms with Crippen LogP contribution in [0.4, 0.5) is 9.59 Å². The average Bonchev–Trinajstić information content (AvgIpc) is 3.06. The molecular formula is C16H27N3O4. The average molecular weight is 325 g/mol. The maximum absolute atomic E-state index is 12.3. The van der Waals surface area contributed by atoms with Crippen LogP contribution in [0.15, 0.2) is 0 Å². The Morgan fingerprint density at radius 2 is 2.04 bits per heavy atom. The maximum atomic E-state index is 12.3. The summed E-state index contributed by atoms with van der Waals surface area (Å²) in [5.74, 6) is 0. The van der Waals surface area contributed by atoms with E-state index in [2.05, 4.69) is 5.32 Å². The van der Waals surface area contributed by atoms with Crippen molar-refractivity contribution in [1.29, 1.82) is 0 Å². The predicted octanol–water partition coefficient (Wildman–Crippen LogP) is 1.57. The number of amides is 3. The summed E-state index contributed by atoms with van der Waals surface area (Å²) >= 11 is 0. The molecule has 3 aliphatic rings. The predicted molar refractivity (Wildman–Crippen MR) is 84.2 cm³/mol. The molecule has 3 aliphatic heterocycles. The van der Waals surface area contributed by atoms with Crippen molar-refractivity contribution in [1.82, 2.24) is 15.1 Å². The van der Waals surface area contributed by atoms with E-state index in [0.29, 0.717) is 32.8 Å². The van der Waals surface area contributed by atoms with Gasteiger partial charge in [-0.25, -0.2) is 9.59 Å². The first-order chi connectivity index (χ1) is 10.8. The van der Waals surface area contributed by atoms with E-state index in [-0.39, 0.29) is 23.7 Å². The van der Waals surface area contributed by atoms with Crippen LogP contribution in [0.1, 0.15) is 40.0 Å². The van der Waals surface area contributed by atoms with Crippen molar-refractivity contribution >= 4 is 12.1 Å². The van der Waals surface area contributed by atoms with Gasteiger partial charge >= 0.3 is 12.1 Å². The van der Waals surface area contributed by atoms with Crippen LogP contribution in [0.3, 0.4) is 0 Å². The van der Waals surface area contributed by atoms with Gasteiger partial charge < -0.3 is 24.6 Å². The Labute approximate surface area is 137 Å². The first-order valence-electron chi connectivity index (χ1n) is 8.44. The minimum atomic E-state index is -0.478. The van der Waals surface area contributed by atoms with Crippen LogP contribution in [0, 0.1) is 0 Å². The number of urea groups is 1. The molecule has 3 amide bonds. The zero-order valence-corrected chi connectivity index (χ0v) is 14.3. The van der Waals surface area contributed by atoms with E-state index in [9.17, 15) is 9.59 Å². The largest absolute Gasteiger partial charge is 0.444 e. The van der Waals surface area contributed by atoms with Crippen molar-refractivity contribution in [2.45, 2.75) is 57.2 Å². The highest BCUT2D eigenvalue weighted by molar-refractivity contribution is 5.78. The number of hydrogen-bond acceptors (Lipinski definition) is 4. The summed E-state index contributed by atoms with van der Waals surface area (Å²) in [5, 5.41) is 2.97. The van der Waals surface area contributed by atoms with Gasteiger partial charge in [-0.1, -0.05) is 0 Å². The highest BCUT2D eigenvalue weighted by atomic mass is 16.6. The monoisotopic (exact) mass is 325 g/mol. The minimum absolute atomic E-state index is 0.00576. The van der Waals surface area contributed by atoms with Crippen LogP contribution < -0.4 is 5.32 Å². The molecule has 7 heteroatoms. The Hall–Kier alpha value is -1.50. The molecule has 3 saturated heterocycles. The fourth-order valence-corrected chi connectivity index (χ4v) is 3.74. The first kappa shape index (κ1) is 16.4. The molecule has 1 spiro atoms. The topological polar surface area (TPSA) is 71.1 Å². The molecule has 0 aromatic carbocycles. The fraction of sp³-hybridized carbons (Fsp3) is 0.875. The number of rotatable bonds is 1. The number of nitrogens with zero attached hydrogens (tertiary/aromatic N) is 2. The van der Waals surface area contributed by atoms with Crippen molar-refractivity contribution in [2.75, 3.05) is 32.8 Å². The molecule has 23 heavy (non-hydrogen) atoms. The second-order valence-electron chi connectivity index (χ2n) is 7.75. The molecular weight excluding hydrogens is 298 g/mol. The van der Waals surface area contributed by atoms with Crippen molar-refractivity contribution in [2.24, 2.45) is 0 Å². The zero-order chi connectivity index (χ0) is 16.7. The molecule has 0 aliphatic carbocycles. The van der Waals surface area contributed by atoms with E-state index in [0.717, 1.165) is 19.3 Å². The number of nitrogens with one attached hydrogen (secondary N) is 1. The summed E-state index contributed by atoms with van der Waals surface area (Å²) < 4.78 is 11.0. The van der Waals surface area contributed by atoms with Gasteiger partial charge in [0.25, 0.3) is 0 Å². The Morgan fingerprint density at radius 3 is 2.61 bits per heavy atom. The molecule has 0 aromatic rings. The SMILES string of the molecule is CC(C)(C)OC(=O)N1CCC(N2C(=O)NC[C@]23CCOC3)CC1. The lowest BCUT2D eigenvalue weighted by Gasteiger charge is -2.42. The number of ether oxygens (including phenoxy) is 2. The molecule has 1 N–H and O–H groups in total. The van der Waals surface area contributed by atoms with Gasteiger partial charge in [0.15, 0.2) is 0 Å². The molecule has 0 radical (unpaired) electrons. The quantitative estimate of drug-likeness (QED) is 0.794. The lowest BCUT2D eigenvalue weighted by molar-refractivity contribution is 0.0112. The summed E-state index contributed by atoms with van der Waals surface area (Å²) in [6, 6.07) is 0.170.